The predicted molar refractivity (Wildman–Crippen MR) is 183 cm³/mol. The summed E-state index contributed by atoms with van der Waals surface area (Å²) in [6, 6.07) is 33.0. The molecule has 0 aliphatic carbocycles. The Labute approximate surface area is 281 Å². The van der Waals surface area contributed by atoms with Crippen molar-refractivity contribution in [1.82, 2.24) is 19.6 Å². The van der Waals surface area contributed by atoms with E-state index in [1.165, 1.54) is 11.1 Å². The standard InChI is InChI=1S/2C19H19ClN2O/c20-17-8-4-7-15-11-16-13-21(12-14-5-2-1-3-6-14)9-10-22(16)19(23)18(15)17;20-16-6-7-18-15(10-16)11-17-13-21(8-9-22(17)19(18)23)12-14-4-2-1-3-5-14/h1-8,16H,9-13H2;1-7,10,17H,8-9,11-13H2/t16-;17-/m11/s1. The van der Waals surface area contributed by atoms with Crippen LogP contribution in [-0.4, -0.2) is 82.8 Å². The van der Waals surface area contributed by atoms with E-state index in [0.29, 0.717) is 15.6 Å². The van der Waals surface area contributed by atoms with Crippen LogP contribution in [-0.2, 0) is 25.9 Å². The Kier molecular flexibility index (Phi) is 9.14. The lowest BCUT2D eigenvalue weighted by molar-refractivity contribution is 0.0395. The number of hydrogen-bond donors (Lipinski definition) is 0. The Balaban J connectivity index is 0.000000147. The highest BCUT2D eigenvalue weighted by molar-refractivity contribution is 6.34. The van der Waals surface area contributed by atoms with E-state index >= 15 is 0 Å². The van der Waals surface area contributed by atoms with E-state index in [1.807, 2.05) is 58.3 Å². The van der Waals surface area contributed by atoms with Gasteiger partial charge in [-0.1, -0.05) is 96.0 Å². The van der Waals surface area contributed by atoms with Gasteiger partial charge >= 0.3 is 0 Å². The molecular formula is C38H38Cl2N4O2. The van der Waals surface area contributed by atoms with Crippen molar-refractivity contribution >= 4 is 35.0 Å². The first kappa shape index (κ1) is 30.9. The van der Waals surface area contributed by atoms with Crippen LogP contribution in [0.1, 0.15) is 43.0 Å². The molecule has 2 fully saturated rings. The van der Waals surface area contributed by atoms with Crippen molar-refractivity contribution in [3.8, 4) is 0 Å². The summed E-state index contributed by atoms with van der Waals surface area (Å²) in [6.45, 7) is 7.17. The minimum absolute atomic E-state index is 0.0983. The molecule has 236 valence electrons. The van der Waals surface area contributed by atoms with Crippen LogP contribution in [0.4, 0.5) is 0 Å². The Morgan fingerprint density at radius 1 is 0.587 bits per heavy atom. The molecule has 4 heterocycles. The number of carbonyl (C=O) groups is 2. The maximum absolute atomic E-state index is 12.8. The molecule has 4 aliphatic heterocycles. The van der Waals surface area contributed by atoms with Crippen molar-refractivity contribution < 1.29 is 9.59 Å². The maximum atomic E-state index is 12.8. The first-order chi connectivity index (χ1) is 22.4. The van der Waals surface area contributed by atoms with E-state index in [2.05, 4.69) is 58.3 Å². The lowest BCUT2D eigenvalue weighted by Crippen LogP contribution is -2.57. The Hall–Kier alpha value is -3.68. The van der Waals surface area contributed by atoms with E-state index in [0.717, 1.165) is 81.9 Å². The lowest BCUT2D eigenvalue weighted by Gasteiger charge is -2.44. The van der Waals surface area contributed by atoms with Crippen LogP contribution in [0.15, 0.2) is 97.1 Å². The molecule has 4 aliphatic rings. The van der Waals surface area contributed by atoms with Crippen LogP contribution in [0.25, 0.3) is 0 Å². The summed E-state index contributed by atoms with van der Waals surface area (Å²) in [7, 11) is 0. The fourth-order valence-corrected chi connectivity index (χ4v) is 7.89. The number of amides is 2. The zero-order chi connectivity index (χ0) is 31.6. The second-order valence-corrected chi connectivity index (χ2v) is 13.6. The Morgan fingerprint density at radius 3 is 1.76 bits per heavy atom. The lowest BCUT2D eigenvalue weighted by atomic mass is 9.91. The molecule has 46 heavy (non-hydrogen) atoms. The van der Waals surface area contributed by atoms with Gasteiger partial charge in [-0.2, -0.15) is 0 Å². The van der Waals surface area contributed by atoms with Gasteiger partial charge < -0.3 is 9.80 Å². The molecule has 0 saturated carbocycles. The topological polar surface area (TPSA) is 47.1 Å². The molecule has 0 unspecified atom stereocenters. The van der Waals surface area contributed by atoms with Crippen LogP contribution in [0, 0.1) is 0 Å². The molecule has 6 nitrogen and oxygen atoms in total. The van der Waals surface area contributed by atoms with Crippen molar-refractivity contribution in [3.05, 3.63) is 140 Å². The average Bonchev–Trinajstić information content (AvgIpc) is 3.06. The second-order valence-electron chi connectivity index (χ2n) is 12.7. The molecule has 8 rings (SSSR count). The zero-order valence-corrected chi connectivity index (χ0v) is 27.3. The van der Waals surface area contributed by atoms with Gasteiger partial charge in [-0.25, -0.2) is 0 Å². The summed E-state index contributed by atoms with van der Waals surface area (Å²) in [5.41, 5.74) is 6.36. The summed E-state index contributed by atoms with van der Waals surface area (Å²) in [5, 5.41) is 1.29. The summed E-state index contributed by atoms with van der Waals surface area (Å²) in [6.07, 6.45) is 1.79. The van der Waals surface area contributed by atoms with Crippen molar-refractivity contribution in [3.63, 3.8) is 0 Å². The second kappa shape index (κ2) is 13.6. The quantitative estimate of drug-likeness (QED) is 0.254. The highest BCUT2D eigenvalue weighted by Crippen LogP contribution is 2.31. The van der Waals surface area contributed by atoms with Crippen LogP contribution < -0.4 is 0 Å². The van der Waals surface area contributed by atoms with Gasteiger partial charge in [0.05, 0.1) is 10.6 Å². The molecule has 2 amide bonds. The first-order valence-corrected chi connectivity index (χ1v) is 16.9. The molecule has 0 bridgehead atoms. The minimum atomic E-state index is 0.0983. The Bertz CT molecular complexity index is 1670. The van der Waals surface area contributed by atoms with Crippen molar-refractivity contribution in [2.24, 2.45) is 0 Å². The molecule has 8 heteroatoms. The first-order valence-electron chi connectivity index (χ1n) is 16.1. The van der Waals surface area contributed by atoms with Gasteiger partial charge in [-0.15, -0.1) is 0 Å². The number of hydrogen-bond acceptors (Lipinski definition) is 4. The van der Waals surface area contributed by atoms with Gasteiger partial charge in [0.1, 0.15) is 0 Å². The van der Waals surface area contributed by atoms with Crippen molar-refractivity contribution in [2.45, 2.75) is 38.0 Å². The monoisotopic (exact) mass is 652 g/mol. The largest absolute Gasteiger partial charge is 0.333 e. The number of rotatable bonds is 4. The summed E-state index contributed by atoms with van der Waals surface area (Å²) >= 11 is 12.3. The van der Waals surface area contributed by atoms with Crippen LogP contribution >= 0.6 is 23.2 Å². The zero-order valence-electron chi connectivity index (χ0n) is 25.8. The highest BCUT2D eigenvalue weighted by Gasteiger charge is 2.38. The number of piperazine rings is 2. The fraction of sp³-hybridized carbons (Fsp3) is 0.316. The van der Waals surface area contributed by atoms with Crippen molar-refractivity contribution in [1.29, 1.82) is 0 Å². The van der Waals surface area contributed by atoms with Crippen molar-refractivity contribution in [2.75, 3.05) is 39.3 Å². The highest BCUT2D eigenvalue weighted by atomic mass is 35.5. The van der Waals surface area contributed by atoms with E-state index in [4.69, 9.17) is 23.2 Å². The normalized spacial score (nSPS) is 21.0. The molecule has 0 spiro atoms. The van der Waals surface area contributed by atoms with Gasteiger partial charge in [0.25, 0.3) is 11.8 Å². The molecule has 4 aromatic carbocycles. The number of halogens is 2. The van der Waals surface area contributed by atoms with Gasteiger partial charge in [0, 0.05) is 75.0 Å². The molecule has 0 aromatic heterocycles. The van der Waals surface area contributed by atoms with E-state index in [1.54, 1.807) is 0 Å². The number of carbonyl (C=O) groups excluding carboxylic acids is 2. The van der Waals surface area contributed by atoms with E-state index in [9.17, 15) is 9.59 Å². The summed E-state index contributed by atoms with van der Waals surface area (Å²) in [4.78, 5) is 34.4. The molecule has 2 saturated heterocycles. The fourth-order valence-electron chi connectivity index (χ4n) is 7.42. The number of benzene rings is 4. The van der Waals surface area contributed by atoms with E-state index < -0.39 is 0 Å². The smallest absolute Gasteiger partial charge is 0.255 e. The van der Waals surface area contributed by atoms with Gasteiger partial charge in [-0.3, -0.25) is 19.4 Å². The SMILES string of the molecule is O=C1c2c(Cl)cccc2C[C@@H]2CN(Cc3ccccc3)CCN12.O=C1c2ccc(Cl)cc2C[C@@H]2CN(Cc3ccccc3)CCN12. The number of nitrogens with zero attached hydrogens (tertiary/aromatic N) is 4. The molecular weight excluding hydrogens is 615 g/mol. The maximum Gasteiger partial charge on any atom is 0.255 e. The average molecular weight is 654 g/mol. The van der Waals surface area contributed by atoms with Gasteiger partial charge in [0.2, 0.25) is 0 Å². The molecule has 0 N–H and O–H groups in total. The Morgan fingerprint density at radius 2 is 1.15 bits per heavy atom. The third kappa shape index (κ3) is 6.58. The van der Waals surface area contributed by atoms with Gasteiger partial charge in [0.15, 0.2) is 0 Å². The van der Waals surface area contributed by atoms with Gasteiger partial charge in [-0.05, 0) is 59.4 Å². The van der Waals surface area contributed by atoms with Crippen LogP contribution in [0.5, 0.6) is 0 Å². The van der Waals surface area contributed by atoms with Crippen LogP contribution in [0.3, 0.4) is 0 Å². The molecule has 4 aromatic rings. The summed E-state index contributed by atoms with van der Waals surface area (Å²) < 4.78 is 0. The predicted octanol–water partition coefficient (Wildman–Crippen LogP) is 6.45. The molecule has 0 radical (unpaired) electrons. The third-order valence-electron chi connectivity index (χ3n) is 9.68. The van der Waals surface area contributed by atoms with E-state index in [-0.39, 0.29) is 23.9 Å². The third-order valence-corrected chi connectivity index (χ3v) is 10.2. The van der Waals surface area contributed by atoms with Crippen LogP contribution in [0.2, 0.25) is 10.0 Å². The minimum Gasteiger partial charge on any atom is -0.333 e. The number of fused-ring (bicyclic) bond motifs is 4. The molecule has 2 atom stereocenters. The summed E-state index contributed by atoms with van der Waals surface area (Å²) in [5.74, 6) is 0.258.